The topological polar surface area (TPSA) is 51.1 Å². The summed E-state index contributed by atoms with van der Waals surface area (Å²) in [6, 6.07) is 10.6. The lowest BCUT2D eigenvalue weighted by Crippen LogP contribution is -2.19. The van der Waals surface area contributed by atoms with Crippen LogP contribution >= 0.6 is 0 Å². The van der Waals surface area contributed by atoms with Crippen LogP contribution in [-0.4, -0.2) is 10.5 Å². The normalized spacial score (nSPS) is 10.2. The van der Waals surface area contributed by atoms with E-state index < -0.39 is 0 Å². The first-order valence-corrected chi connectivity index (χ1v) is 6.17. The molecule has 0 saturated heterocycles. The lowest BCUT2D eigenvalue weighted by atomic mass is 10.1. The summed E-state index contributed by atoms with van der Waals surface area (Å²) in [4.78, 5) is 23.4. The van der Waals surface area contributed by atoms with Crippen molar-refractivity contribution >= 4 is 11.6 Å². The van der Waals surface area contributed by atoms with Crippen molar-refractivity contribution in [3.05, 3.63) is 64.1 Å². The van der Waals surface area contributed by atoms with E-state index in [4.69, 9.17) is 0 Å². The lowest BCUT2D eigenvalue weighted by Gasteiger charge is -2.06. The van der Waals surface area contributed by atoms with Crippen molar-refractivity contribution in [1.29, 1.82) is 0 Å². The second kappa shape index (κ2) is 5.52. The third-order valence-electron chi connectivity index (χ3n) is 2.99. The minimum atomic E-state index is -0.276. The number of hydrogen-bond acceptors (Lipinski definition) is 2. The van der Waals surface area contributed by atoms with Gasteiger partial charge in [-0.15, -0.1) is 0 Å². The quantitative estimate of drug-likeness (QED) is 0.915. The maximum atomic E-state index is 12.0. The summed E-state index contributed by atoms with van der Waals surface area (Å²) in [5.41, 5.74) is 2.10. The van der Waals surface area contributed by atoms with E-state index in [1.165, 1.54) is 16.2 Å². The molecular weight excluding hydrogens is 240 g/mol. The van der Waals surface area contributed by atoms with Gasteiger partial charge in [0, 0.05) is 30.6 Å². The summed E-state index contributed by atoms with van der Waals surface area (Å²) in [5, 5.41) is 2.77. The van der Waals surface area contributed by atoms with Gasteiger partial charge in [-0.1, -0.05) is 19.1 Å². The number of carbonyl (C=O) groups excluding carboxylic acids is 1. The minimum Gasteiger partial charge on any atom is -0.322 e. The van der Waals surface area contributed by atoms with E-state index in [2.05, 4.69) is 12.2 Å². The number of amides is 1. The van der Waals surface area contributed by atoms with Gasteiger partial charge in [0.2, 0.25) is 0 Å². The Morgan fingerprint density at radius 2 is 1.89 bits per heavy atom. The molecule has 1 aromatic heterocycles. The first-order chi connectivity index (χ1) is 9.10. The Labute approximate surface area is 111 Å². The fourth-order valence-electron chi connectivity index (χ4n) is 1.72. The molecule has 1 N–H and O–H groups in total. The van der Waals surface area contributed by atoms with Crippen molar-refractivity contribution in [2.75, 3.05) is 5.32 Å². The highest BCUT2D eigenvalue weighted by atomic mass is 16.2. The van der Waals surface area contributed by atoms with Gasteiger partial charge in [0.1, 0.15) is 0 Å². The Balaban J connectivity index is 2.15. The monoisotopic (exact) mass is 256 g/mol. The van der Waals surface area contributed by atoms with Crippen LogP contribution in [0.4, 0.5) is 5.69 Å². The van der Waals surface area contributed by atoms with Crippen LogP contribution in [0.3, 0.4) is 0 Å². The number of pyridine rings is 1. The van der Waals surface area contributed by atoms with Crippen molar-refractivity contribution in [1.82, 2.24) is 4.57 Å². The van der Waals surface area contributed by atoms with Crippen LogP contribution in [0, 0.1) is 0 Å². The third kappa shape index (κ3) is 3.10. The largest absolute Gasteiger partial charge is 0.322 e. The maximum Gasteiger partial charge on any atom is 0.255 e. The van der Waals surface area contributed by atoms with Gasteiger partial charge in [-0.3, -0.25) is 9.59 Å². The number of nitrogens with one attached hydrogen (secondary N) is 1. The van der Waals surface area contributed by atoms with E-state index in [1.54, 1.807) is 19.3 Å². The van der Waals surface area contributed by atoms with Gasteiger partial charge in [-0.05, 0) is 30.2 Å². The zero-order chi connectivity index (χ0) is 13.8. The molecular formula is C15H16N2O2. The summed E-state index contributed by atoms with van der Waals surface area (Å²) in [5.74, 6) is -0.276. The van der Waals surface area contributed by atoms with Crippen molar-refractivity contribution < 1.29 is 4.79 Å². The van der Waals surface area contributed by atoms with E-state index in [0.29, 0.717) is 5.56 Å². The Kier molecular flexibility index (Phi) is 3.80. The molecule has 1 heterocycles. The molecule has 0 spiro atoms. The number of aryl methyl sites for hydroxylation is 2. The molecule has 4 heteroatoms. The SMILES string of the molecule is CCc1ccc(NC(=O)c2ccn(C)c(=O)c2)cc1. The summed E-state index contributed by atoms with van der Waals surface area (Å²) in [7, 11) is 1.65. The molecule has 0 unspecified atom stereocenters. The van der Waals surface area contributed by atoms with Crippen LogP contribution in [0.1, 0.15) is 22.8 Å². The fourth-order valence-corrected chi connectivity index (χ4v) is 1.72. The van der Waals surface area contributed by atoms with Gasteiger partial charge in [0.15, 0.2) is 0 Å². The van der Waals surface area contributed by atoms with Gasteiger partial charge in [-0.2, -0.15) is 0 Å². The molecule has 0 fully saturated rings. The van der Waals surface area contributed by atoms with Crippen molar-refractivity contribution in [2.45, 2.75) is 13.3 Å². The molecule has 4 nitrogen and oxygen atoms in total. The smallest absolute Gasteiger partial charge is 0.255 e. The molecule has 0 saturated carbocycles. The summed E-state index contributed by atoms with van der Waals surface area (Å²) in [6.07, 6.45) is 2.54. The Bertz CT molecular complexity index is 642. The van der Waals surface area contributed by atoms with E-state index in [1.807, 2.05) is 24.3 Å². The molecule has 0 aliphatic heterocycles. The predicted molar refractivity (Wildman–Crippen MR) is 75.5 cm³/mol. The molecule has 19 heavy (non-hydrogen) atoms. The van der Waals surface area contributed by atoms with Crippen LogP contribution in [-0.2, 0) is 13.5 Å². The first kappa shape index (κ1) is 13.1. The van der Waals surface area contributed by atoms with Gasteiger partial charge < -0.3 is 9.88 Å². The number of nitrogens with zero attached hydrogens (tertiary/aromatic N) is 1. The zero-order valence-electron chi connectivity index (χ0n) is 11.0. The third-order valence-corrected chi connectivity index (χ3v) is 2.99. The average molecular weight is 256 g/mol. The number of anilines is 1. The zero-order valence-corrected chi connectivity index (χ0v) is 11.0. The van der Waals surface area contributed by atoms with Crippen LogP contribution < -0.4 is 10.9 Å². The van der Waals surface area contributed by atoms with E-state index in [9.17, 15) is 9.59 Å². The highest BCUT2D eigenvalue weighted by molar-refractivity contribution is 6.04. The second-order valence-electron chi connectivity index (χ2n) is 4.37. The standard InChI is InChI=1S/C15H16N2O2/c1-3-11-4-6-13(7-5-11)16-15(19)12-8-9-17(2)14(18)10-12/h4-10H,3H2,1-2H3,(H,16,19). The van der Waals surface area contributed by atoms with E-state index in [0.717, 1.165) is 12.1 Å². The molecule has 2 aromatic rings. The molecule has 98 valence electrons. The fraction of sp³-hybridized carbons (Fsp3) is 0.200. The van der Waals surface area contributed by atoms with Gasteiger partial charge in [0.05, 0.1) is 0 Å². The first-order valence-electron chi connectivity index (χ1n) is 6.17. The molecule has 0 aliphatic rings. The number of rotatable bonds is 3. The van der Waals surface area contributed by atoms with Gasteiger partial charge >= 0.3 is 0 Å². The van der Waals surface area contributed by atoms with Crippen molar-refractivity contribution in [3.63, 3.8) is 0 Å². The summed E-state index contributed by atoms with van der Waals surface area (Å²) in [6.45, 7) is 2.08. The van der Waals surface area contributed by atoms with Crippen LogP contribution in [0.15, 0.2) is 47.4 Å². The average Bonchev–Trinajstić information content (AvgIpc) is 2.42. The Morgan fingerprint density at radius 3 is 2.47 bits per heavy atom. The van der Waals surface area contributed by atoms with Crippen molar-refractivity contribution in [2.24, 2.45) is 7.05 Å². The van der Waals surface area contributed by atoms with Gasteiger partial charge in [0.25, 0.3) is 11.5 Å². The van der Waals surface area contributed by atoms with E-state index >= 15 is 0 Å². The maximum absolute atomic E-state index is 12.0. The predicted octanol–water partition coefficient (Wildman–Crippen LogP) is 2.20. The van der Waals surface area contributed by atoms with E-state index in [-0.39, 0.29) is 11.5 Å². The summed E-state index contributed by atoms with van der Waals surface area (Å²) < 4.78 is 1.42. The molecule has 0 bridgehead atoms. The van der Waals surface area contributed by atoms with Gasteiger partial charge in [-0.25, -0.2) is 0 Å². The highest BCUT2D eigenvalue weighted by Crippen LogP contribution is 2.11. The number of hydrogen-bond donors (Lipinski definition) is 1. The number of benzene rings is 1. The van der Waals surface area contributed by atoms with Crippen molar-refractivity contribution in [3.8, 4) is 0 Å². The van der Waals surface area contributed by atoms with Crippen LogP contribution in [0.25, 0.3) is 0 Å². The second-order valence-corrected chi connectivity index (χ2v) is 4.37. The molecule has 0 aliphatic carbocycles. The molecule has 1 amide bonds. The minimum absolute atomic E-state index is 0.200. The van der Waals surface area contributed by atoms with Crippen LogP contribution in [0.5, 0.6) is 0 Å². The lowest BCUT2D eigenvalue weighted by molar-refractivity contribution is 0.102. The molecule has 1 aromatic carbocycles. The molecule has 2 rings (SSSR count). The Morgan fingerprint density at radius 1 is 1.21 bits per heavy atom. The van der Waals surface area contributed by atoms with Crippen LogP contribution in [0.2, 0.25) is 0 Å². The molecule has 0 atom stereocenters. The highest BCUT2D eigenvalue weighted by Gasteiger charge is 2.07. The number of carbonyl (C=O) groups is 1. The molecule has 0 radical (unpaired) electrons. The summed E-state index contributed by atoms with van der Waals surface area (Å²) >= 11 is 0. The number of aromatic nitrogens is 1. The Hall–Kier alpha value is -2.36.